The summed E-state index contributed by atoms with van der Waals surface area (Å²) >= 11 is 1.39. The highest BCUT2D eigenvalue weighted by molar-refractivity contribution is 7.98. The summed E-state index contributed by atoms with van der Waals surface area (Å²) in [5.41, 5.74) is 2.17. The summed E-state index contributed by atoms with van der Waals surface area (Å²) in [6.45, 7) is 4.10. The molecule has 0 bridgehead atoms. The van der Waals surface area contributed by atoms with Gasteiger partial charge in [0, 0.05) is 6.42 Å². The van der Waals surface area contributed by atoms with Crippen LogP contribution in [0.5, 0.6) is 5.75 Å². The highest BCUT2D eigenvalue weighted by Crippen LogP contribution is 2.29. The van der Waals surface area contributed by atoms with Crippen LogP contribution in [0.15, 0.2) is 56.9 Å². The summed E-state index contributed by atoms with van der Waals surface area (Å²) in [6.07, 6.45) is 2.89. The number of aromatic nitrogens is 4. The molecule has 2 heterocycles. The van der Waals surface area contributed by atoms with E-state index in [2.05, 4.69) is 17.1 Å². The van der Waals surface area contributed by atoms with Crippen LogP contribution in [0.4, 0.5) is 0 Å². The molecular weight excluding hydrogens is 412 g/mol. The predicted octanol–water partition coefficient (Wildman–Crippen LogP) is 4.72. The molecule has 0 saturated carbocycles. The maximum Gasteiger partial charge on any atom is 0.266 e. The first-order valence-corrected chi connectivity index (χ1v) is 11.2. The van der Waals surface area contributed by atoms with E-state index in [0.29, 0.717) is 45.0 Å². The SMILES string of the molecule is CCCCc1noc(CSc2nc3ccccc3c(=O)n2-c2cc(C)ccc2OC)n1. The van der Waals surface area contributed by atoms with Crippen LogP contribution in [0.3, 0.4) is 0 Å². The zero-order valence-corrected chi connectivity index (χ0v) is 18.6. The second kappa shape index (κ2) is 9.34. The first-order valence-electron chi connectivity index (χ1n) is 10.2. The molecule has 0 radical (unpaired) electrons. The molecule has 0 spiro atoms. The quantitative estimate of drug-likeness (QED) is 0.292. The minimum absolute atomic E-state index is 0.147. The summed E-state index contributed by atoms with van der Waals surface area (Å²) in [6, 6.07) is 13.1. The number of ether oxygens (including phenoxy) is 1. The number of fused-ring (bicyclic) bond motifs is 1. The standard InChI is InChI=1S/C23H24N4O3S/c1-4-5-10-20-25-21(30-26-20)14-31-23-24-17-9-7-6-8-16(17)22(28)27(23)18-13-15(2)11-12-19(18)29-3/h6-9,11-13H,4-5,10,14H2,1-3H3. The normalized spacial score (nSPS) is 11.2. The number of rotatable bonds is 8. The van der Waals surface area contributed by atoms with Crippen molar-refractivity contribution in [1.29, 1.82) is 0 Å². The minimum atomic E-state index is -0.147. The van der Waals surface area contributed by atoms with Gasteiger partial charge in [-0.3, -0.25) is 9.36 Å². The molecule has 2 aromatic carbocycles. The third-order valence-corrected chi connectivity index (χ3v) is 5.83. The van der Waals surface area contributed by atoms with Crippen LogP contribution in [0.25, 0.3) is 16.6 Å². The van der Waals surface area contributed by atoms with Crippen LogP contribution in [0.2, 0.25) is 0 Å². The van der Waals surface area contributed by atoms with Crippen LogP contribution in [-0.2, 0) is 12.2 Å². The van der Waals surface area contributed by atoms with Gasteiger partial charge in [0.25, 0.3) is 5.56 Å². The highest BCUT2D eigenvalue weighted by Gasteiger charge is 2.18. The minimum Gasteiger partial charge on any atom is -0.495 e. The molecule has 0 unspecified atom stereocenters. The average molecular weight is 437 g/mol. The highest BCUT2D eigenvalue weighted by atomic mass is 32.2. The summed E-state index contributed by atoms with van der Waals surface area (Å²) in [5, 5.41) is 5.14. The second-order valence-electron chi connectivity index (χ2n) is 7.22. The van der Waals surface area contributed by atoms with E-state index in [9.17, 15) is 4.79 Å². The number of methoxy groups -OCH3 is 1. The van der Waals surface area contributed by atoms with Gasteiger partial charge in [-0.1, -0.05) is 48.5 Å². The maximum atomic E-state index is 13.5. The Morgan fingerprint density at radius 2 is 2.00 bits per heavy atom. The van der Waals surface area contributed by atoms with Crippen molar-refractivity contribution in [2.75, 3.05) is 7.11 Å². The van der Waals surface area contributed by atoms with Crippen LogP contribution in [0.1, 0.15) is 37.0 Å². The second-order valence-corrected chi connectivity index (χ2v) is 8.17. The summed E-state index contributed by atoms with van der Waals surface area (Å²) in [4.78, 5) is 22.7. The number of aryl methyl sites for hydroxylation is 2. The number of unbranched alkanes of at least 4 members (excludes halogenated alkanes) is 1. The molecular formula is C23H24N4O3S. The van der Waals surface area contributed by atoms with Crippen molar-refractivity contribution >= 4 is 22.7 Å². The van der Waals surface area contributed by atoms with Gasteiger partial charge in [-0.15, -0.1) is 0 Å². The molecule has 0 atom stereocenters. The van der Waals surface area contributed by atoms with Gasteiger partial charge in [-0.2, -0.15) is 4.98 Å². The van der Waals surface area contributed by atoms with Crippen LogP contribution < -0.4 is 10.3 Å². The Balaban J connectivity index is 1.77. The molecule has 4 rings (SSSR count). The zero-order valence-electron chi connectivity index (χ0n) is 17.8. The molecule has 160 valence electrons. The first kappa shape index (κ1) is 21.1. The van der Waals surface area contributed by atoms with Crippen molar-refractivity contribution in [2.24, 2.45) is 0 Å². The van der Waals surface area contributed by atoms with E-state index >= 15 is 0 Å². The van der Waals surface area contributed by atoms with Crippen molar-refractivity contribution in [2.45, 2.75) is 44.0 Å². The van der Waals surface area contributed by atoms with Gasteiger partial charge in [0.2, 0.25) is 5.89 Å². The van der Waals surface area contributed by atoms with Gasteiger partial charge in [0.15, 0.2) is 11.0 Å². The molecule has 8 heteroatoms. The van der Waals surface area contributed by atoms with E-state index in [0.717, 1.165) is 24.8 Å². The lowest BCUT2D eigenvalue weighted by Gasteiger charge is -2.16. The average Bonchev–Trinajstić information content (AvgIpc) is 3.24. The van der Waals surface area contributed by atoms with Crippen LogP contribution >= 0.6 is 11.8 Å². The molecule has 0 N–H and O–H groups in total. The fraction of sp³-hybridized carbons (Fsp3) is 0.304. The van der Waals surface area contributed by atoms with Crippen LogP contribution in [0, 0.1) is 6.92 Å². The van der Waals surface area contributed by atoms with E-state index in [1.54, 1.807) is 17.7 Å². The Hall–Kier alpha value is -3.13. The van der Waals surface area contributed by atoms with Crippen molar-refractivity contribution in [1.82, 2.24) is 19.7 Å². The van der Waals surface area contributed by atoms with Crippen LogP contribution in [-0.4, -0.2) is 26.8 Å². The maximum absolute atomic E-state index is 13.5. The monoisotopic (exact) mass is 436 g/mol. The molecule has 31 heavy (non-hydrogen) atoms. The Kier molecular flexibility index (Phi) is 6.36. The Labute approximate surface area is 184 Å². The Bertz CT molecular complexity index is 1270. The molecule has 0 saturated heterocycles. The molecule has 0 aliphatic rings. The number of benzene rings is 2. The van der Waals surface area contributed by atoms with E-state index in [1.165, 1.54) is 11.8 Å². The molecule has 0 fully saturated rings. The number of hydrogen-bond donors (Lipinski definition) is 0. The first-order chi connectivity index (χ1) is 15.1. The smallest absolute Gasteiger partial charge is 0.266 e. The van der Waals surface area contributed by atoms with E-state index < -0.39 is 0 Å². The summed E-state index contributed by atoms with van der Waals surface area (Å²) < 4.78 is 12.5. The topological polar surface area (TPSA) is 83.0 Å². The van der Waals surface area contributed by atoms with E-state index in [-0.39, 0.29) is 5.56 Å². The van der Waals surface area contributed by atoms with Crippen molar-refractivity contribution in [3.05, 3.63) is 70.1 Å². The van der Waals surface area contributed by atoms with Crippen molar-refractivity contribution in [3.63, 3.8) is 0 Å². The van der Waals surface area contributed by atoms with Crippen molar-refractivity contribution in [3.8, 4) is 11.4 Å². The van der Waals surface area contributed by atoms with Gasteiger partial charge in [-0.25, -0.2) is 4.98 Å². The number of thioether (sulfide) groups is 1. The fourth-order valence-corrected chi connectivity index (χ4v) is 4.15. The third-order valence-electron chi connectivity index (χ3n) is 4.91. The molecule has 0 aliphatic carbocycles. The van der Waals surface area contributed by atoms with Gasteiger partial charge in [0.1, 0.15) is 5.75 Å². The molecule has 0 aliphatic heterocycles. The van der Waals surface area contributed by atoms with Gasteiger partial charge < -0.3 is 9.26 Å². The molecule has 2 aromatic heterocycles. The van der Waals surface area contributed by atoms with Gasteiger partial charge in [0.05, 0.1) is 29.5 Å². The Morgan fingerprint density at radius 1 is 1.16 bits per heavy atom. The Morgan fingerprint density at radius 3 is 2.81 bits per heavy atom. The summed E-state index contributed by atoms with van der Waals surface area (Å²) in [7, 11) is 1.59. The molecule has 4 aromatic rings. The largest absolute Gasteiger partial charge is 0.495 e. The van der Waals surface area contributed by atoms with Gasteiger partial charge >= 0.3 is 0 Å². The number of hydrogen-bond acceptors (Lipinski definition) is 7. The lowest BCUT2D eigenvalue weighted by molar-refractivity contribution is 0.384. The molecule has 7 nitrogen and oxygen atoms in total. The molecule has 0 amide bonds. The lowest BCUT2D eigenvalue weighted by Crippen LogP contribution is -2.22. The number of nitrogens with zero attached hydrogens (tertiary/aromatic N) is 4. The number of para-hydroxylation sites is 1. The lowest BCUT2D eigenvalue weighted by atomic mass is 10.2. The van der Waals surface area contributed by atoms with E-state index in [1.807, 2.05) is 43.3 Å². The summed E-state index contributed by atoms with van der Waals surface area (Å²) in [5.74, 6) is 2.24. The fourth-order valence-electron chi connectivity index (χ4n) is 3.31. The van der Waals surface area contributed by atoms with Crippen molar-refractivity contribution < 1.29 is 9.26 Å². The van der Waals surface area contributed by atoms with E-state index in [4.69, 9.17) is 14.2 Å². The zero-order chi connectivity index (χ0) is 21.8. The van der Waals surface area contributed by atoms with Gasteiger partial charge in [-0.05, 0) is 43.2 Å². The predicted molar refractivity (Wildman–Crippen MR) is 121 cm³/mol. The third kappa shape index (κ3) is 4.49.